The zero-order valence-electron chi connectivity index (χ0n) is 8.40. The van der Waals surface area contributed by atoms with Gasteiger partial charge in [0.1, 0.15) is 0 Å². The van der Waals surface area contributed by atoms with Crippen LogP contribution >= 0.6 is 0 Å². The van der Waals surface area contributed by atoms with Crippen LogP contribution in [0.4, 0.5) is 5.69 Å². The Labute approximate surface area is 99.0 Å². The summed E-state index contributed by atoms with van der Waals surface area (Å²) in [6.45, 7) is 0.917. The maximum absolute atomic E-state index is 3.18. The first-order chi connectivity index (χ1) is 5.86. The Morgan fingerprint density at radius 3 is 2.57 bits per heavy atom. The molecule has 14 heavy (non-hydrogen) atoms. The fourth-order valence-corrected chi connectivity index (χ4v) is 1.25. The zero-order valence-corrected chi connectivity index (χ0v) is 10.0. The molecule has 0 aliphatic carbocycles. The first-order valence-corrected chi connectivity index (χ1v) is 3.98. The average molecular weight is 277 g/mol. The quantitative estimate of drug-likeness (QED) is 0.573. The molecule has 0 bridgehead atoms. The topological polar surface area (TPSA) is 6.48 Å². The third kappa shape index (κ3) is 2.85. The summed E-state index contributed by atoms with van der Waals surface area (Å²) >= 11 is 0. The number of nitrogens with zero attached hydrogens (tertiary/aromatic N) is 2. The van der Waals surface area contributed by atoms with E-state index in [-0.39, 0.29) is 26.9 Å². The Balaban J connectivity index is 0.000000845. The van der Waals surface area contributed by atoms with Crippen molar-refractivity contribution in [3.8, 4) is 0 Å². The molecule has 0 N–H and O–H groups in total. The molecule has 1 radical (unpaired) electrons. The van der Waals surface area contributed by atoms with Gasteiger partial charge in [-0.15, -0.1) is 6.07 Å². The van der Waals surface area contributed by atoms with Crippen LogP contribution in [0, 0.1) is 13.5 Å². The van der Waals surface area contributed by atoms with Gasteiger partial charge in [-0.1, -0.05) is 5.69 Å². The van der Waals surface area contributed by atoms with Crippen LogP contribution in [0.3, 0.4) is 0 Å². The second-order valence-electron chi connectivity index (χ2n) is 2.91. The summed E-state index contributed by atoms with van der Waals surface area (Å²) in [5.74, 6) is 0. The molecule has 1 aromatic rings. The van der Waals surface area contributed by atoms with Gasteiger partial charge in [-0.2, -0.15) is 24.3 Å². The van der Waals surface area contributed by atoms with E-state index < -0.39 is 0 Å². The van der Waals surface area contributed by atoms with Gasteiger partial charge in [-0.3, -0.25) is 0 Å². The Kier molecular flexibility index (Phi) is 5.48. The number of anilines is 1. The largest absolute Gasteiger partial charge is 2.00 e. The van der Waals surface area contributed by atoms with Crippen LogP contribution in [-0.2, 0) is 19.5 Å². The molecule has 0 fully saturated rings. The molecule has 0 saturated carbocycles. The molecule has 0 unspecified atom stereocenters. The van der Waals surface area contributed by atoms with Crippen LogP contribution in [0.5, 0.6) is 0 Å². The molecule has 1 aliphatic rings. The monoisotopic (exact) mass is 277 g/mol. The predicted molar refractivity (Wildman–Crippen MR) is 55.9 cm³/mol. The molecule has 77 valence electrons. The fraction of sp³-hybridized carbons (Fsp3) is 0.182. The third-order valence-electron chi connectivity index (χ3n) is 1.88. The van der Waals surface area contributed by atoms with E-state index in [0.29, 0.717) is 0 Å². The van der Waals surface area contributed by atoms with E-state index in [1.165, 1.54) is 0 Å². The summed E-state index contributed by atoms with van der Waals surface area (Å²) in [6, 6.07) is 11.2. The van der Waals surface area contributed by atoms with Crippen LogP contribution in [0.15, 0.2) is 36.7 Å². The molecule has 1 heterocycles. The van der Waals surface area contributed by atoms with Crippen LogP contribution < -0.4 is 4.90 Å². The smallest absolute Gasteiger partial charge is 0.361 e. The Morgan fingerprint density at radius 2 is 2.07 bits per heavy atom. The Morgan fingerprint density at radius 1 is 1.29 bits per heavy atom. The first kappa shape index (κ1) is 13.2. The minimum atomic E-state index is 0. The molecular weight excluding hydrogens is 263 g/mol. The van der Waals surface area contributed by atoms with Gasteiger partial charge in [-0.05, 0) is 0 Å². The normalized spacial score (nSPS) is 13.5. The zero-order chi connectivity index (χ0) is 8.39. The summed E-state index contributed by atoms with van der Waals surface area (Å²) in [5, 5.41) is 0. The van der Waals surface area contributed by atoms with Gasteiger partial charge in [-0.25, -0.2) is 0 Å². The number of benzene rings is 1. The molecule has 2 nitrogen and oxygen atoms in total. The minimum Gasteiger partial charge on any atom is -0.361 e. The average Bonchev–Trinajstić information content (AvgIpc) is 2.54. The molecule has 0 atom stereocenters. The van der Waals surface area contributed by atoms with Crippen LogP contribution in [-0.4, -0.2) is 18.6 Å². The van der Waals surface area contributed by atoms with E-state index in [9.17, 15) is 0 Å². The summed E-state index contributed by atoms with van der Waals surface area (Å²) in [4.78, 5) is 4.28. The molecular formula is C11H14N2Rh. The molecule has 1 aromatic carbocycles. The molecule has 0 saturated heterocycles. The minimum absolute atomic E-state index is 0. The van der Waals surface area contributed by atoms with Crippen molar-refractivity contribution in [1.29, 1.82) is 0 Å². The molecule has 3 heteroatoms. The molecule has 0 aromatic heterocycles. The van der Waals surface area contributed by atoms with Crippen molar-refractivity contribution in [3.05, 3.63) is 50.2 Å². The standard InChI is InChI=1S/C10H11N2.CH3.Rh/c1-11-7-8-12(9-11)10-5-3-2-4-6-10;;/h2-5,7-8H,9H2,1H3;1H3;/q2*-1;+2. The van der Waals surface area contributed by atoms with Crippen LogP contribution in [0.25, 0.3) is 0 Å². The van der Waals surface area contributed by atoms with E-state index in [0.717, 1.165) is 12.4 Å². The fourth-order valence-electron chi connectivity index (χ4n) is 1.25. The number of hydrogen-bond donors (Lipinski definition) is 0. The Bertz CT molecular complexity index is 285. The SMILES string of the molecule is CN1C=CN(c2[c-]cccc2)C1.[CH3-].[Rh+2]. The maximum Gasteiger partial charge on any atom is 2.00 e. The third-order valence-corrected chi connectivity index (χ3v) is 1.88. The summed E-state index contributed by atoms with van der Waals surface area (Å²) < 4.78 is 0. The van der Waals surface area contributed by atoms with Crippen molar-refractivity contribution >= 4 is 5.69 Å². The van der Waals surface area contributed by atoms with Gasteiger partial charge in [0.2, 0.25) is 0 Å². The van der Waals surface area contributed by atoms with Crippen molar-refractivity contribution in [2.75, 3.05) is 18.6 Å². The number of hydrogen-bond acceptors (Lipinski definition) is 2. The Hall–Kier alpha value is -0.817. The van der Waals surface area contributed by atoms with Crippen molar-refractivity contribution in [3.63, 3.8) is 0 Å². The van der Waals surface area contributed by atoms with Crippen LogP contribution in [0.1, 0.15) is 0 Å². The summed E-state index contributed by atoms with van der Waals surface area (Å²) in [5.41, 5.74) is 1.12. The van der Waals surface area contributed by atoms with Crippen molar-refractivity contribution in [2.45, 2.75) is 0 Å². The maximum atomic E-state index is 3.18. The predicted octanol–water partition coefficient (Wildman–Crippen LogP) is 2.12. The second-order valence-corrected chi connectivity index (χ2v) is 2.91. The summed E-state index contributed by atoms with van der Waals surface area (Å²) in [6.07, 6.45) is 4.12. The van der Waals surface area contributed by atoms with Gasteiger partial charge in [0, 0.05) is 19.4 Å². The molecule has 0 amide bonds. The number of rotatable bonds is 1. The molecule has 0 spiro atoms. The molecule has 2 rings (SSSR count). The van der Waals surface area contributed by atoms with Gasteiger partial charge in [0.05, 0.1) is 6.67 Å². The van der Waals surface area contributed by atoms with E-state index in [2.05, 4.69) is 41.4 Å². The van der Waals surface area contributed by atoms with E-state index in [1.807, 2.05) is 18.2 Å². The first-order valence-electron chi connectivity index (χ1n) is 3.98. The van der Waals surface area contributed by atoms with Gasteiger partial charge in [0.15, 0.2) is 0 Å². The van der Waals surface area contributed by atoms with E-state index in [4.69, 9.17) is 0 Å². The van der Waals surface area contributed by atoms with Crippen LogP contribution in [0.2, 0.25) is 0 Å². The van der Waals surface area contributed by atoms with Gasteiger partial charge < -0.3 is 17.2 Å². The van der Waals surface area contributed by atoms with Crippen molar-refractivity contribution < 1.29 is 19.5 Å². The van der Waals surface area contributed by atoms with Gasteiger partial charge >= 0.3 is 19.5 Å². The molecule has 1 aliphatic heterocycles. The van der Waals surface area contributed by atoms with Crippen molar-refractivity contribution in [1.82, 2.24) is 4.90 Å². The number of para-hydroxylation sites is 1. The summed E-state index contributed by atoms with van der Waals surface area (Å²) in [7, 11) is 2.06. The van der Waals surface area contributed by atoms with E-state index in [1.54, 1.807) is 0 Å². The second kappa shape index (κ2) is 5.82. The van der Waals surface area contributed by atoms with E-state index >= 15 is 0 Å². The van der Waals surface area contributed by atoms with Gasteiger partial charge in [0.25, 0.3) is 0 Å². The van der Waals surface area contributed by atoms with Crippen molar-refractivity contribution in [2.24, 2.45) is 0 Å².